The Morgan fingerprint density at radius 3 is 1.19 bits per heavy atom. The average molecular weight is 357 g/mol. The van der Waals surface area contributed by atoms with E-state index in [0.717, 1.165) is 0 Å². The summed E-state index contributed by atoms with van der Waals surface area (Å²) in [6.45, 7) is 19.3. The van der Waals surface area contributed by atoms with E-state index in [4.69, 9.17) is 10.2 Å². The van der Waals surface area contributed by atoms with Gasteiger partial charge in [-0.25, -0.2) is 0 Å². The van der Waals surface area contributed by atoms with E-state index in [9.17, 15) is 0 Å². The summed E-state index contributed by atoms with van der Waals surface area (Å²) in [7, 11) is 0. The van der Waals surface area contributed by atoms with E-state index in [1.807, 2.05) is 0 Å². The van der Waals surface area contributed by atoms with Crippen molar-refractivity contribution in [2.45, 2.75) is 13.8 Å². The Labute approximate surface area is 156 Å². The molecule has 26 heavy (non-hydrogen) atoms. The fraction of sp³-hybridized carbons (Fsp3) is 0.900. The van der Waals surface area contributed by atoms with Gasteiger partial charge in [0.25, 0.3) is 0 Å². The molecule has 6 heteroatoms. The Kier molecular flexibility index (Phi) is 3.34. The lowest BCUT2D eigenvalue weighted by molar-refractivity contribution is 0.127. The van der Waals surface area contributed by atoms with E-state index in [2.05, 4.69) is 33.4 Å². The summed E-state index contributed by atoms with van der Waals surface area (Å²) < 4.78 is 0. The van der Waals surface area contributed by atoms with Gasteiger partial charge in [0.15, 0.2) is 0 Å². The van der Waals surface area contributed by atoms with Crippen LogP contribution in [-0.2, 0) is 0 Å². The van der Waals surface area contributed by atoms with Crippen LogP contribution >= 0.6 is 0 Å². The molecule has 0 amide bonds. The second-order valence-corrected chi connectivity index (χ2v) is 10.4. The van der Waals surface area contributed by atoms with Crippen LogP contribution in [0.25, 0.3) is 0 Å². The summed E-state index contributed by atoms with van der Waals surface area (Å²) in [6.07, 6.45) is 0. The molecule has 8 saturated heterocycles. The number of fused-ring (bicyclic) bond motifs is 2. The molecule has 8 aliphatic rings. The first-order valence-corrected chi connectivity index (χ1v) is 10.6. The van der Waals surface area contributed by atoms with Crippen LogP contribution in [0, 0.1) is 22.7 Å². The van der Waals surface area contributed by atoms with Crippen LogP contribution in [0.3, 0.4) is 0 Å². The monoisotopic (exact) mass is 356 g/mol. The van der Waals surface area contributed by atoms with Crippen LogP contribution in [0.4, 0.5) is 0 Å². The summed E-state index contributed by atoms with van der Waals surface area (Å²) in [6, 6.07) is 0. The van der Waals surface area contributed by atoms with Gasteiger partial charge < -0.3 is 19.6 Å². The molecular weight excluding hydrogens is 324 g/mol. The normalized spacial score (nSPS) is 57.8. The van der Waals surface area contributed by atoms with Crippen molar-refractivity contribution < 1.29 is 0 Å². The van der Waals surface area contributed by atoms with Crippen molar-refractivity contribution in [3.8, 4) is 0 Å². The molecule has 0 saturated carbocycles. The van der Waals surface area contributed by atoms with Crippen LogP contribution < -0.4 is 0 Å². The smallest absolute Gasteiger partial charge is 0.0546 e. The highest BCUT2D eigenvalue weighted by Crippen LogP contribution is 2.40. The van der Waals surface area contributed by atoms with Gasteiger partial charge >= 0.3 is 0 Å². The van der Waals surface area contributed by atoms with Crippen molar-refractivity contribution in [2.24, 2.45) is 32.9 Å². The molecule has 0 aromatic rings. The molecule has 8 heterocycles. The van der Waals surface area contributed by atoms with Crippen LogP contribution in [0.1, 0.15) is 13.8 Å². The molecule has 8 rings (SSSR count). The van der Waals surface area contributed by atoms with E-state index >= 15 is 0 Å². The molecule has 8 bridgehead atoms. The van der Waals surface area contributed by atoms with Gasteiger partial charge in [-0.2, -0.15) is 10.2 Å². The SMILES string of the molecule is CC12CN3CCN(CC(C3)/C1=N/N=C1/C3CN4CCN(C3)CC1(C)C4)C2. The Morgan fingerprint density at radius 1 is 0.615 bits per heavy atom. The molecule has 6 nitrogen and oxygen atoms in total. The van der Waals surface area contributed by atoms with Crippen LogP contribution in [0.15, 0.2) is 10.2 Å². The highest BCUT2D eigenvalue weighted by Gasteiger charge is 2.51. The van der Waals surface area contributed by atoms with E-state index in [1.165, 1.54) is 90.0 Å². The minimum Gasteiger partial charge on any atom is -0.300 e. The Morgan fingerprint density at radius 2 is 0.923 bits per heavy atom. The van der Waals surface area contributed by atoms with E-state index in [-0.39, 0.29) is 10.8 Å². The summed E-state index contributed by atoms with van der Waals surface area (Å²) >= 11 is 0. The molecule has 0 N–H and O–H groups in total. The molecule has 142 valence electrons. The average Bonchev–Trinajstić information content (AvgIpc) is 2.93. The van der Waals surface area contributed by atoms with E-state index in [0.29, 0.717) is 11.8 Å². The van der Waals surface area contributed by atoms with Crippen molar-refractivity contribution in [2.75, 3.05) is 78.5 Å². The first-order valence-electron chi connectivity index (χ1n) is 10.6. The molecule has 8 fully saturated rings. The van der Waals surface area contributed by atoms with Crippen LogP contribution in [0.5, 0.6) is 0 Å². The molecule has 0 aromatic carbocycles. The highest BCUT2D eigenvalue weighted by molar-refractivity contribution is 5.97. The fourth-order valence-electron chi connectivity index (χ4n) is 7.11. The number of piperidine rings is 4. The third-order valence-electron chi connectivity index (χ3n) is 7.95. The van der Waals surface area contributed by atoms with Gasteiger partial charge in [0, 0.05) is 101 Å². The quantitative estimate of drug-likeness (QED) is 0.634. The zero-order chi connectivity index (χ0) is 17.5. The standard InChI is InChI=1S/C20H32N6/c1-19-11-23-3-4-24(12-19)8-15(7-23)17(19)21-22-18-16-9-25-5-6-26(10-16)14-20(18,2)13-25/h15-16H,3-14H2,1-2H3/b21-17-,22-18-. The van der Waals surface area contributed by atoms with Crippen molar-refractivity contribution in [3.05, 3.63) is 0 Å². The van der Waals surface area contributed by atoms with Gasteiger partial charge in [0.2, 0.25) is 0 Å². The molecule has 0 spiro atoms. The lowest BCUT2D eigenvalue weighted by Crippen LogP contribution is -2.61. The van der Waals surface area contributed by atoms with Gasteiger partial charge in [-0.1, -0.05) is 13.8 Å². The summed E-state index contributed by atoms with van der Waals surface area (Å²) in [5.41, 5.74) is 3.24. The molecule has 4 unspecified atom stereocenters. The molecule has 4 atom stereocenters. The minimum absolute atomic E-state index is 0.207. The Bertz CT molecular complexity index is 594. The van der Waals surface area contributed by atoms with Gasteiger partial charge in [0.1, 0.15) is 0 Å². The maximum atomic E-state index is 5.07. The molecule has 0 radical (unpaired) electrons. The summed E-state index contributed by atoms with van der Waals surface area (Å²) in [4.78, 5) is 10.7. The third kappa shape index (κ3) is 2.32. The predicted molar refractivity (Wildman–Crippen MR) is 104 cm³/mol. The molecular formula is C20H32N6. The number of hydrogen-bond donors (Lipinski definition) is 0. The lowest BCUT2D eigenvalue weighted by Gasteiger charge is -2.49. The van der Waals surface area contributed by atoms with Gasteiger partial charge in [0.05, 0.1) is 11.4 Å². The molecule has 8 aliphatic heterocycles. The van der Waals surface area contributed by atoms with Crippen molar-refractivity contribution >= 4 is 11.4 Å². The zero-order valence-corrected chi connectivity index (χ0v) is 16.3. The third-order valence-corrected chi connectivity index (χ3v) is 7.95. The second kappa shape index (κ2) is 5.37. The van der Waals surface area contributed by atoms with Crippen LogP contribution in [0.2, 0.25) is 0 Å². The van der Waals surface area contributed by atoms with Crippen molar-refractivity contribution in [3.63, 3.8) is 0 Å². The minimum atomic E-state index is 0.207. The maximum absolute atomic E-state index is 5.07. The molecule has 0 aliphatic carbocycles. The van der Waals surface area contributed by atoms with Crippen molar-refractivity contribution in [1.29, 1.82) is 0 Å². The maximum Gasteiger partial charge on any atom is 0.0546 e. The largest absolute Gasteiger partial charge is 0.300 e. The highest BCUT2D eigenvalue weighted by atomic mass is 15.3. The zero-order valence-electron chi connectivity index (χ0n) is 16.3. The first-order chi connectivity index (χ1) is 12.5. The molecule has 0 aromatic heterocycles. The summed E-state index contributed by atoms with van der Waals surface area (Å²) in [5.74, 6) is 1.18. The second-order valence-electron chi connectivity index (χ2n) is 10.4. The first kappa shape index (κ1) is 16.2. The van der Waals surface area contributed by atoms with Gasteiger partial charge in [-0.05, 0) is 0 Å². The summed E-state index contributed by atoms with van der Waals surface area (Å²) in [5, 5.41) is 10.1. The number of hydrogen-bond acceptors (Lipinski definition) is 6. The van der Waals surface area contributed by atoms with Crippen molar-refractivity contribution in [1.82, 2.24) is 19.6 Å². The topological polar surface area (TPSA) is 37.7 Å². The van der Waals surface area contributed by atoms with Gasteiger partial charge in [-0.3, -0.25) is 0 Å². The fourth-order valence-corrected chi connectivity index (χ4v) is 7.11. The van der Waals surface area contributed by atoms with Crippen LogP contribution in [-0.4, -0.2) is 110 Å². The van der Waals surface area contributed by atoms with E-state index < -0.39 is 0 Å². The Balaban J connectivity index is 1.36. The number of nitrogens with zero attached hydrogens (tertiary/aromatic N) is 6. The predicted octanol–water partition coefficient (Wildman–Crippen LogP) is 0.318. The lowest BCUT2D eigenvalue weighted by atomic mass is 9.71. The number of rotatable bonds is 1. The van der Waals surface area contributed by atoms with E-state index in [1.54, 1.807) is 0 Å². The Hall–Kier alpha value is -0.820. The van der Waals surface area contributed by atoms with Gasteiger partial charge in [-0.15, -0.1) is 0 Å².